The molecule has 0 saturated heterocycles. The van der Waals surface area contributed by atoms with Crippen molar-refractivity contribution >= 4 is 17.0 Å². The van der Waals surface area contributed by atoms with Crippen molar-refractivity contribution in [2.24, 2.45) is 0 Å². The van der Waals surface area contributed by atoms with E-state index in [1.54, 1.807) is 6.26 Å². The molecule has 1 aromatic heterocycles. The van der Waals surface area contributed by atoms with Crippen LogP contribution < -0.4 is 14.9 Å². The van der Waals surface area contributed by atoms with E-state index in [1.165, 1.54) is 0 Å². The Balaban J connectivity index is 1.86. The van der Waals surface area contributed by atoms with Gasteiger partial charge in [0.2, 0.25) is 5.43 Å². The largest absolute Gasteiger partial charge is 0.486 e. The van der Waals surface area contributed by atoms with E-state index in [1.807, 2.05) is 57.2 Å². The molecule has 0 unspecified atom stereocenters. The monoisotopic (exact) mass is 402 g/mol. The maximum absolute atomic E-state index is 13.7. The first kappa shape index (κ1) is 19.0. The maximum Gasteiger partial charge on any atom is 0.204 e. The third-order valence-corrected chi connectivity index (χ3v) is 5.99. The molecule has 0 saturated carbocycles. The highest BCUT2D eigenvalue weighted by Gasteiger charge is 2.36. The molecule has 2 aliphatic rings. The van der Waals surface area contributed by atoms with E-state index in [0.717, 1.165) is 40.8 Å². The summed E-state index contributed by atoms with van der Waals surface area (Å²) >= 11 is 0. The van der Waals surface area contributed by atoms with Gasteiger partial charge in [-0.25, -0.2) is 0 Å². The first-order valence-corrected chi connectivity index (χ1v) is 10.4. The minimum absolute atomic E-state index is 0.0740. The van der Waals surface area contributed by atoms with Crippen LogP contribution in [0, 0.1) is 6.92 Å². The van der Waals surface area contributed by atoms with Gasteiger partial charge in [0.15, 0.2) is 5.58 Å². The Morgan fingerprint density at radius 3 is 2.43 bits per heavy atom. The predicted octanol–water partition coefficient (Wildman–Crippen LogP) is 6.06. The Bertz CT molecular complexity index is 1260. The smallest absolute Gasteiger partial charge is 0.204 e. The maximum atomic E-state index is 13.7. The van der Waals surface area contributed by atoms with Crippen molar-refractivity contribution in [2.75, 3.05) is 0 Å². The quantitative estimate of drug-likeness (QED) is 0.497. The molecule has 4 heteroatoms. The molecule has 30 heavy (non-hydrogen) atoms. The molecule has 154 valence electrons. The summed E-state index contributed by atoms with van der Waals surface area (Å²) in [5, 5.41) is 0.502. The third kappa shape index (κ3) is 2.94. The van der Waals surface area contributed by atoms with Crippen molar-refractivity contribution in [1.82, 2.24) is 0 Å². The zero-order valence-electron chi connectivity index (χ0n) is 18.1. The highest BCUT2D eigenvalue weighted by atomic mass is 16.5. The van der Waals surface area contributed by atoms with Crippen LogP contribution in [0.5, 0.6) is 11.5 Å². The average Bonchev–Trinajstić information content (AvgIpc) is 2.67. The fourth-order valence-corrected chi connectivity index (χ4v) is 4.27. The minimum atomic E-state index is -0.427. The second kappa shape index (κ2) is 6.24. The highest BCUT2D eigenvalue weighted by Crippen LogP contribution is 2.48. The summed E-state index contributed by atoms with van der Waals surface area (Å²) < 4.78 is 18.8. The van der Waals surface area contributed by atoms with Gasteiger partial charge in [-0.1, -0.05) is 29.8 Å². The van der Waals surface area contributed by atoms with E-state index in [-0.39, 0.29) is 11.0 Å². The Labute approximate surface area is 176 Å². The first-order chi connectivity index (χ1) is 14.2. The normalized spacial score (nSPS) is 18.3. The summed E-state index contributed by atoms with van der Waals surface area (Å²) in [5.41, 5.74) is 3.96. The van der Waals surface area contributed by atoms with E-state index >= 15 is 0 Å². The van der Waals surface area contributed by atoms with Gasteiger partial charge in [-0.15, -0.1) is 0 Å². The Hall–Kier alpha value is -3.01. The van der Waals surface area contributed by atoms with Crippen LogP contribution in [0.15, 0.2) is 45.8 Å². The molecule has 0 spiro atoms. The van der Waals surface area contributed by atoms with Crippen molar-refractivity contribution in [3.63, 3.8) is 0 Å². The van der Waals surface area contributed by atoms with Crippen molar-refractivity contribution in [3.05, 3.63) is 63.5 Å². The number of benzene rings is 2. The average molecular weight is 402 g/mol. The molecule has 0 radical (unpaired) electrons. The van der Waals surface area contributed by atoms with Gasteiger partial charge >= 0.3 is 0 Å². The van der Waals surface area contributed by atoms with Gasteiger partial charge in [0.1, 0.15) is 34.4 Å². The Morgan fingerprint density at radius 1 is 0.967 bits per heavy atom. The molecule has 0 N–H and O–H groups in total. The predicted molar refractivity (Wildman–Crippen MR) is 119 cm³/mol. The molecule has 0 bridgehead atoms. The zero-order valence-corrected chi connectivity index (χ0v) is 18.1. The summed E-state index contributed by atoms with van der Waals surface area (Å²) in [7, 11) is 0. The zero-order chi connectivity index (χ0) is 21.3. The summed E-state index contributed by atoms with van der Waals surface area (Å²) in [6, 6.07) is 7.91. The van der Waals surface area contributed by atoms with E-state index < -0.39 is 5.60 Å². The van der Waals surface area contributed by atoms with Crippen molar-refractivity contribution in [1.29, 1.82) is 0 Å². The molecule has 2 aliphatic heterocycles. The fraction of sp³-hybridized carbons (Fsp3) is 0.346. The SMILES string of the molecule is Cc1ccc(-c2coc3c4c(c5c(c3c2=O)OC(C)(C)CC5)OC(C)(C)C=C4)cc1. The number of rotatable bonds is 1. The Morgan fingerprint density at radius 2 is 1.70 bits per heavy atom. The Kier molecular flexibility index (Phi) is 3.95. The van der Waals surface area contributed by atoms with Gasteiger partial charge in [0.05, 0.1) is 11.1 Å². The molecular formula is C26H26O4. The van der Waals surface area contributed by atoms with E-state index in [9.17, 15) is 4.79 Å². The summed E-state index contributed by atoms with van der Waals surface area (Å²) in [6.45, 7) is 10.2. The van der Waals surface area contributed by atoms with Gasteiger partial charge in [0.25, 0.3) is 0 Å². The van der Waals surface area contributed by atoms with E-state index in [0.29, 0.717) is 22.3 Å². The molecular weight excluding hydrogens is 376 g/mol. The van der Waals surface area contributed by atoms with Crippen LogP contribution in [-0.4, -0.2) is 11.2 Å². The fourth-order valence-electron chi connectivity index (χ4n) is 4.27. The van der Waals surface area contributed by atoms with Crippen LogP contribution in [0.2, 0.25) is 0 Å². The molecule has 2 aromatic carbocycles. The van der Waals surface area contributed by atoms with Crippen LogP contribution >= 0.6 is 0 Å². The second-order valence-corrected chi connectivity index (χ2v) is 9.50. The first-order valence-electron chi connectivity index (χ1n) is 10.4. The topological polar surface area (TPSA) is 48.7 Å². The number of ether oxygens (including phenoxy) is 2. The standard InChI is InChI=1S/C26H26O4/c1-15-6-8-16(9-7-15)19-14-28-23-17-10-12-25(2,3)29-22(17)18-11-13-26(4,5)30-24(18)20(23)21(19)27/h6-10,12,14H,11,13H2,1-5H3. The van der Waals surface area contributed by atoms with Gasteiger partial charge in [-0.05, 0) is 65.2 Å². The molecule has 0 aliphatic carbocycles. The van der Waals surface area contributed by atoms with Crippen LogP contribution in [0.4, 0.5) is 0 Å². The lowest BCUT2D eigenvalue weighted by molar-refractivity contribution is 0.0827. The lowest BCUT2D eigenvalue weighted by Gasteiger charge is -2.37. The second-order valence-electron chi connectivity index (χ2n) is 9.50. The van der Waals surface area contributed by atoms with Crippen LogP contribution in [0.1, 0.15) is 50.8 Å². The van der Waals surface area contributed by atoms with Crippen LogP contribution in [-0.2, 0) is 6.42 Å². The summed E-state index contributed by atoms with van der Waals surface area (Å²) in [5.74, 6) is 1.38. The van der Waals surface area contributed by atoms with Gasteiger partial charge < -0.3 is 13.9 Å². The van der Waals surface area contributed by atoms with Crippen LogP contribution in [0.25, 0.3) is 28.2 Å². The number of fused-ring (bicyclic) bond motifs is 6. The molecule has 3 aromatic rings. The van der Waals surface area contributed by atoms with Gasteiger partial charge in [0, 0.05) is 5.56 Å². The third-order valence-electron chi connectivity index (χ3n) is 5.99. The molecule has 0 amide bonds. The minimum Gasteiger partial charge on any atom is -0.486 e. The summed E-state index contributed by atoms with van der Waals surface area (Å²) in [6.07, 6.45) is 7.22. The molecule has 0 fully saturated rings. The molecule has 4 nitrogen and oxygen atoms in total. The molecule has 0 atom stereocenters. The lowest BCUT2D eigenvalue weighted by Crippen LogP contribution is -2.35. The number of hydrogen-bond acceptors (Lipinski definition) is 4. The number of aryl methyl sites for hydroxylation is 1. The molecule has 3 heterocycles. The van der Waals surface area contributed by atoms with Crippen LogP contribution in [0.3, 0.4) is 0 Å². The summed E-state index contributed by atoms with van der Waals surface area (Å²) in [4.78, 5) is 13.7. The number of hydrogen-bond donors (Lipinski definition) is 0. The highest BCUT2D eigenvalue weighted by molar-refractivity contribution is 5.97. The van der Waals surface area contributed by atoms with E-state index in [2.05, 4.69) is 13.8 Å². The lowest BCUT2D eigenvalue weighted by atomic mass is 9.88. The van der Waals surface area contributed by atoms with E-state index in [4.69, 9.17) is 13.9 Å². The van der Waals surface area contributed by atoms with Gasteiger partial charge in [-0.3, -0.25) is 4.79 Å². The van der Waals surface area contributed by atoms with Crippen molar-refractivity contribution in [2.45, 2.75) is 58.7 Å². The molecule has 5 rings (SSSR count). The van der Waals surface area contributed by atoms with Crippen molar-refractivity contribution in [3.8, 4) is 22.6 Å². The van der Waals surface area contributed by atoms with Crippen molar-refractivity contribution < 1.29 is 13.9 Å². The van der Waals surface area contributed by atoms with Gasteiger partial charge in [-0.2, -0.15) is 0 Å².